The average Bonchev–Trinajstić information content (AvgIpc) is 3.15. The maximum absolute atomic E-state index is 12.6. The second kappa shape index (κ2) is 5.08. The van der Waals surface area contributed by atoms with Crippen molar-refractivity contribution >= 4 is 5.91 Å². The molecule has 0 aromatic heterocycles. The van der Waals surface area contributed by atoms with Gasteiger partial charge in [-0.3, -0.25) is 10.1 Å². The molecular formula is C16H28N2O. The van der Waals surface area contributed by atoms with E-state index in [0.29, 0.717) is 18.1 Å². The third-order valence-electron chi connectivity index (χ3n) is 5.47. The van der Waals surface area contributed by atoms with E-state index in [-0.39, 0.29) is 5.54 Å². The largest absolute Gasteiger partial charge is 0.323 e. The van der Waals surface area contributed by atoms with Crippen molar-refractivity contribution in [2.24, 2.45) is 5.92 Å². The third kappa shape index (κ3) is 2.31. The second-order valence-corrected chi connectivity index (χ2v) is 6.83. The Bertz CT molecular complexity index is 343. The standard InChI is InChI=1S/C16H28N2O/c1-3-5-12-6-8-13(9-7-12)18-14(4-2)17-16(10-11-16)15(18)19/h12-14,17H,3-11H2,1-2H3. The molecule has 1 heterocycles. The molecular weight excluding hydrogens is 236 g/mol. The van der Waals surface area contributed by atoms with Crippen LogP contribution in [-0.2, 0) is 4.79 Å². The molecule has 1 N–H and O–H groups in total. The lowest BCUT2D eigenvalue weighted by Crippen LogP contribution is -2.46. The first kappa shape index (κ1) is 13.4. The zero-order valence-electron chi connectivity index (χ0n) is 12.5. The molecule has 19 heavy (non-hydrogen) atoms. The van der Waals surface area contributed by atoms with Crippen molar-refractivity contribution in [3.8, 4) is 0 Å². The van der Waals surface area contributed by atoms with Gasteiger partial charge in [-0.05, 0) is 50.9 Å². The van der Waals surface area contributed by atoms with Crippen molar-refractivity contribution in [2.75, 3.05) is 0 Å². The smallest absolute Gasteiger partial charge is 0.244 e. The molecule has 3 heteroatoms. The number of nitrogens with zero attached hydrogens (tertiary/aromatic N) is 1. The number of hydrogen-bond donors (Lipinski definition) is 1. The summed E-state index contributed by atoms with van der Waals surface area (Å²) in [7, 11) is 0. The lowest BCUT2D eigenvalue weighted by atomic mass is 9.83. The highest BCUT2D eigenvalue weighted by atomic mass is 16.2. The van der Waals surface area contributed by atoms with Gasteiger partial charge in [0.15, 0.2) is 0 Å². The SMILES string of the molecule is CCCC1CCC(N2C(=O)C3(CC3)NC2CC)CC1. The van der Waals surface area contributed by atoms with Crippen molar-refractivity contribution in [1.82, 2.24) is 10.2 Å². The Morgan fingerprint density at radius 1 is 1.21 bits per heavy atom. The van der Waals surface area contributed by atoms with Crippen LogP contribution in [-0.4, -0.2) is 28.6 Å². The summed E-state index contributed by atoms with van der Waals surface area (Å²) in [5.74, 6) is 1.33. The van der Waals surface area contributed by atoms with Crippen LogP contribution in [0, 0.1) is 5.92 Å². The summed E-state index contributed by atoms with van der Waals surface area (Å²) in [5, 5.41) is 3.60. The second-order valence-electron chi connectivity index (χ2n) is 6.83. The monoisotopic (exact) mass is 264 g/mol. The molecule has 2 aliphatic carbocycles. The minimum atomic E-state index is -0.124. The Labute approximate surface area is 117 Å². The highest BCUT2D eigenvalue weighted by molar-refractivity contribution is 5.92. The summed E-state index contributed by atoms with van der Waals surface area (Å²) in [6, 6.07) is 0.512. The first-order chi connectivity index (χ1) is 9.20. The molecule has 3 aliphatic rings. The maximum Gasteiger partial charge on any atom is 0.244 e. The van der Waals surface area contributed by atoms with Crippen LogP contribution in [0.15, 0.2) is 0 Å². The molecule has 1 atom stereocenters. The van der Waals surface area contributed by atoms with Crippen molar-refractivity contribution in [2.45, 2.75) is 89.4 Å². The van der Waals surface area contributed by atoms with Crippen molar-refractivity contribution in [3.63, 3.8) is 0 Å². The third-order valence-corrected chi connectivity index (χ3v) is 5.47. The Kier molecular flexibility index (Phi) is 3.59. The number of nitrogens with one attached hydrogen (secondary N) is 1. The Morgan fingerprint density at radius 3 is 2.42 bits per heavy atom. The number of amides is 1. The minimum Gasteiger partial charge on any atom is -0.323 e. The van der Waals surface area contributed by atoms with E-state index >= 15 is 0 Å². The molecule has 0 radical (unpaired) electrons. The fourth-order valence-corrected chi connectivity index (χ4v) is 4.16. The van der Waals surface area contributed by atoms with Gasteiger partial charge in [-0.2, -0.15) is 0 Å². The lowest BCUT2D eigenvalue weighted by molar-refractivity contribution is -0.133. The molecule has 1 spiro atoms. The molecule has 1 unspecified atom stereocenters. The van der Waals surface area contributed by atoms with Gasteiger partial charge >= 0.3 is 0 Å². The Balaban J connectivity index is 1.64. The van der Waals surface area contributed by atoms with E-state index < -0.39 is 0 Å². The molecule has 1 amide bonds. The van der Waals surface area contributed by atoms with Gasteiger partial charge in [-0.25, -0.2) is 0 Å². The van der Waals surface area contributed by atoms with Crippen molar-refractivity contribution in [3.05, 3.63) is 0 Å². The number of rotatable bonds is 4. The zero-order chi connectivity index (χ0) is 13.5. The van der Waals surface area contributed by atoms with Crippen LogP contribution in [0.4, 0.5) is 0 Å². The normalized spacial score (nSPS) is 37.1. The van der Waals surface area contributed by atoms with Gasteiger partial charge in [0.05, 0.1) is 11.7 Å². The number of carbonyl (C=O) groups excluding carboxylic acids is 1. The van der Waals surface area contributed by atoms with Crippen molar-refractivity contribution in [1.29, 1.82) is 0 Å². The average molecular weight is 264 g/mol. The quantitative estimate of drug-likeness (QED) is 0.846. The highest BCUT2D eigenvalue weighted by Gasteiger charge is 2.59. The number of hydrogen-bond acceptors (Lipinski definition) is 2. The summed E-state index contributed by atoms with van der Waals surface area (Å²) in [6.45, 7) is 4.48. The van der Waals surface area contributed by atoms with E-state index in [9.17, 15) is 4.79 Å². The molecule has 1 aliphatic heterocycles. The van der Waals surface area contributed by atoms with Gasteiger partial charge in [0, 0.05) is 6.04 Å². The topological polar surface area (TPSA) is 32.3 Å². The van der Waals surface area contributed by atoms with Crippen LogP contribution < -0.4 is 5.32 Å². The molecule has 108 valence electrons. The van der Waals surface area contributed by atoms with Crippen LogP contribution in [0.25, 0.3) is 0 Å². The molecule has 2 saturated carbocycles. The minimum absolute atomic E-state index is 0.124. The van der Waals surface area contributed by atoms with E-state index in [0.717, 1.165) is 25.2 Å². The van der Waals surface area contributed by atoms with Gasteiger partial charge in [0.2, 0.25) is 5.91 Å². The Hall–Kier alpha value is -0.570. The predicted molar refractivity (Wildman–Crippen MR) is 76.7 cm³/mol. The molecule has 0 aromatic carbocycles. The summed E-state index contributed by atoms with van der Waals surface area (Å²) in [6.07, 6.45) is 11.3. The lowest BCUT2D eigenvalue weighted by Gasteiger charge is -2.37. The summed E-state index contributed by atoms with van der Waals surface area (Å²) in [4.78, 5) is 14.9. The molecule has 0 bridgehead atoms. The molecule has 3 nitrogen and oxygen atoms in total. The van der Waals surface area contributed by atoms with Gasteiger partial charge in [-0.15, -0.1) is 0 Å². The van der Waals surface area contributed by atoms with Crippen molar-refractivity contribution < 1.29 is 4.79 Å². The van der Waals surface area contributed by atoms with Gasteiger partial charge in [0.25, 0.3) is 0 Å². The predicted octanol–water partition coefficient (Wildman–Crippen LogP) is 3.05. The van der Waals surface area contributed by atoms with Crippen LogP contribution in [0.5, 0.6) is 0 Å². The van der Waals surface area contributed by atoms with E-state index in [2.05, 4.69) is 24.1 Å². The molecule has 3 rings (SSSR count). The number of carbonyl (C=O) groups is 1. The van der Waals surface area contributed by atoms with Crippen LogP contribution in [0.1, 0.15) is 71.6 Å². The van der Waals surface area contributed by atoms with Crippen LogP contribution in [0.3, 0.4) is 0 Å². The van der Waals surface area contributed by atoms with Gasteiger partial charge in [-0.1, -0.05) is 26.7 Å². The molecule has 1 saturated heterocycles. The first-order valence-corrected chi connectivity index (χ1v) is 8.30. The maximum atomic E-state index is 12.6. The van der Waals surface area contributed by atoms with Crippen LogP contribution >= 0.6 is 0 Å². The summed E-state index contributed by atoms with van der Waals surface area (Å²) in [5.41, 5.74) is -0.124. The first-order valence-electron chi connectivity index (χ1n) is 8.30. The molecule has 0 aromatic rings. The van der Waals surface area contributed by atoms with Gasteiger partial charge < -0.3 is 4.90 Å². The van der Waals surface area contributed by atoms with E-state index in [1.54, 1.807) is 0 Å². The summed E-state index contributed by atoms with van der Waals surface area (Å²) >= 11 is 0. The van der Waals surface area contributed by atoms with Gasteiger partial charge in [0.1, 0.15) is 0 Å². The van der Waals surface area contributed by atoms with E-state index in [1.165, 1.54) is 38.5 Å². The van der Waals surface area contributed by atoms with E-state index in [4.69, 9.17) is 0 Å². The molecule has 3 fully saturated rings. The Morgan fingerprint density at radius 2 is 1.89 bits per heavy atom. The highest BCUT2D eigenvalue weighted by Crippen LogP contribution is 2.45. The fraction of sp³-hybridized carbons (Fsp3) is 0.938. The summed E-state index contributed by atoms with van der Waals surface area (Å²) < 4.78 is 0. The van der Waals surface area contributed by atoms with E-state index in [1.807, 2.05) is 0 Å². The zero-order valence-corrected chi connectivity index (χ0v) is 12.5. The van der Waals surface area contributed by atoms with Crippen LogP contribution in [0.2, 0.25) is 0 Å². The fourth-order valence-electron chi connectivity index (χ4n) is 4.16.